The van der Waals surface area contributed by atoms with Gasteiger partial charge in [0.2, 0.25) is 5.91 Å². The maximum Gasteiger partial charge on any atom is 0.307 e. The summed E-state index contributed by atoms with van der Waals surface area (Å²) in [6.07, 6.45) is 2.95. The molecule has 1 aliphatic carbocycles. The third-order valence-corrected chi connectivity index (χ3v) is 5.75. The fourth-order valence-corrected chi connectivity index (χ4v) is 3.93. The molecule has 0 bridgehead atoms. The molecule has 124 valence electrons. The number of carbonyl (C=O) groups is 2. The number of hydrogen-bond donors (Lipinski definition) is 1. The molecule has 1 saturated heterocycles. The van der Waals surface area contributed by atoms with E-state index >= 15 is 0 Å². The van der Waals surface area contributed by atoms with Crippen LogP contribution in [0.1, 0.15) is 45.1 Å². The summed E-state index contributed by atoms with van der Waals surface area (Å²) < 4.78 is 0. The van der Waals surface area contributed by atoms with Gasteiger partial charge in [-0.1, -0.05) is 44.2 Å². The third kappa shape index (κ3) is 3.12. The van der Waals surface area contributed by atoms with Crippen molar-refractivity contribution in [3.8, 4) is 0 Å². The predicted molar refractivity (Wildman–Crippen MR) is 88.1 cm³/mol. The van der Waals surface area contributed by atoms with E-state index in [2.05, 4.69) is 26.0 Å². The lowest BCUT2D eigenvalue weighted by molar-refractivity contribution is -0.140. The molecule has 2 fully saturated rings. The van der Waals surface area contributed by atoms with Gasteiger partial charge in [0.25, 0.3) is 0 Å². The number of nitrogens with zero attached hydrogens (tertiary/aromatic N) is 1. The highest BCUT2D eigenvalue weighted by Crippen LogP contribution is 2.59. The van der Waals surface area contributed by atoms with E-state index in [1.807, 2.05) is 23.1 Å². The van der Waals surface area contributed by atoms with E-state index in [1.54, 1.807) is 0 Å². The molecule has 0 radical (unpaired) electrons. The van der Waals surface area contributed by atoms with Crippen molar-refractivity contribution in [3.63, 3.8) is 0 Å². The molecular weight excluding hydrogens is 290 g/mol. The van der Waals surface area contributed by atoms with Gasteiger partial charge in [0.1, 0.15) is 0 Å². The van der Waals surface area contributed by atoms with Crippen LogP contribution in [0.5, 0.6) is 0 Å². The summed E-state index contributed by atoms with van der Waals surface area (Å²) in [5.74, 6) is -0.670. The van der Waals surface area contributed by atoms with E-state index in [-0.39, 0.29) is 22.7 Å². The fourth-order valence-electron chi connectivity index (χ4n) is 3.93. The van der Waals surface area contributed by atoms with Crippen molar-refractivity contribution in [1.29, 1.82) is 0 Å². The Morgan fingerprint density at radius 1 is 1.22 bits per heavy atom. The van der Waals surface area contributed by atoms with Crippen LogP contribution < -0.4 is 0 Å². The van der Waals surface area contributed by atoms with Gasteiger partial charge in [-0.05, 0) is 35.7 Å². The van der Waals surface area contributed by atoms with Gasteiger partial charge < -0.3 is 10.0 Å². The number of aliphatic carboxylic acids is 1. The summed E-state index contributed by atoms with van der Waals surface area (Å²) in [7, 11) is 0. The van der Waals surface area contributed by atoms with Crippen molar-refractivity contribution in [1.82, 2.24) is 4.90 Å². The molecule has 1 aromatic carbocycles. The number of amides is 1. The Labute approximate surface area is 137 Å². The van der Waals surface area contributed by atoms with Crippen molar-refractivity contribution in [2.24, 2.45) is 11.3 Å². The minimum absolute atomic E-state index is 0.0163. The quantitative estimate of drug-likeness (QED) is 0.929. The van der Waals surface area contributed by atoms with Crippen LogP contribution in [0.3, 0.4) is 0 Å². The van der Waals surface area contributed by atoms with Gasteiger partial charge in [-0.25, -0.2) is 0 Å². The van der Waals surface area contributed by atoms with Gasteiger partial charge in [-0.3, -0.25) is 9.59 Å². The van der Waals surface area contributed by atoms with Gasteiger partial charge in [-0.2, -0.15) is 0 Å². The van der Waals surface area contributed by atoms with Crippen molar-refractivity contribution in [3.05, 3.63) is 35.9 Å². The zero-order chi connectivity index (χ0) is 16.7. The standard InChI is InChI=1S/C19H25NO3/c1-18(2,14-6-4-3-5-7-14)13-16(21)20-10-8-19(9-11-20)12-15(19)17(22)23/h3-7,15H,8-13H2,1-2H3,(H,22,23). The average molecular weight is 315 g/mol. The molecule has 1 heterocycles. The molecule has 3 rings (SSSR count). The number of carboxylic acid groups (broad SMARTS) is 1. The van der Waals surface area contributed by atoms with Gasteiger partial charge in [0.05, 0.1) is 5.92 Å². The van der Waals surface area contributed by atoms with Crippen LogP contribution in [-0.2, 0) is 15.0 Å². The summed E-state index contributed by atoms with van der Waals surface area (Å²) in [5.41, 5.74) is 0.976. The van der Waals surface area contributed by atoms with Crippen LogP contribution in [0, 0.1) is 11.3 Å². The van der Waals surface area contributed by atoms with Gasteiger partial charge in [-0.15, -0.1) is 0 Å². The second kappa shape index (κ2) is 5.66. The summed E-state index contributed by atoms with van der Waals surface area (Å²) in [6, 6.07) is 10.1. The SMILES string of the molecule is CC(C)(CC(=O)N1CCC2(CC1)CC2C(=O)O)c1ccccc1. The van der Waals surface area contributed by atoms with Crippen molar-refractivity contribution < 1.29 is 14.7 Å². The highest BCUT2D eigenvalue weighted by atomic mass is 16.4. The number of rotatable bonds is 4. The van der Waals surface area contributed by atoms with Gasteiger partial charge in [0.15, 0.2) is 0 Å². The zero-order valence-electron chi connectivity index (χ0n) is 13.9. The van der Waals surface area contributed by atoms with Gasteiger partial charge in [0, 0.05) is 19.5 Å². The van der Waals surface area contributed by atoms with Crippen LogP contribution in [0.15, 0.2) is 30.3 Å². The lowest BCUT2D eigenvalue weighted by Crippen LogP contribution is -2.42. The Kier molecular flexibility index (Phi) is 3.95. The molecule has 4 nitrogen and oxygen atoms in total. The van der Waals surface area contributed by atoms with Crippen molar-refractivity contribution in [2.45, 2.75) is 44.9 Å². The Bertz CT molecular complexity index is 600. The molecule has 1 atom stereocenters. The Morgan fingerprint density at radius 3 is 2.35 bits per heavy atom. The number of hydrogen-bond acceptors (Lipinski definition) is 2. The molecule has 1 N–H and O–H groups in total. The average Bonchev–Trinajstić information content (AvgIpc) is 3.22. The first-order valence-electron chi connectivity index (χ1n) is 8.40. The highest BCUT2D eigenvalue weighted by molar-refractivity contribution is 5.78. The second-order valence-electron chi connectivity index (χ2n) is 7.76. The van der Waals surface area contributed by atoms with Crippen LogP contribution in [0.25, 0.3) is 0 Å². The third-order valence-electron chi connectivity index (χ3n) is 5.75. The minimum atomic E-state index is -0.671. The van der Waals surface area contributed by atoms with E-state index in [4.69, 9.17) is 5.11 Å². The van der Waals surface area contributed by atoms with Crippen LogP contribution in [0.4, 0.5) is 0 Å². The number of likely N-dealkylation sites (tertiary alicyclic amines) is 1. The number of carboxylic acids is 1. The monoisotopic (exact) mass is 315 g/mol. The first-order valence-corrected chi connectivity index (χ1v) is 8.40. The number of piperidine rings is 1. The Balaban J connectivity index is 1.57. The zero-order valence-corrected chi connectivity index (χ0v) is 13.9. The van der Waals surface area contributed by atoms with Crippen molar-refractivity contribution in [2.75, 3.05) is 13.1 Å². The topological polar surface area (TPSA) is 57.6 Å². The fraction of sp³-hybridized carbons (Fsp3) is 0.579. The normalized spacial score (nSPS) is 22.9. The molecule has 1 unspecified atom stereocenters. The van der Waals surface area contributed by atoms with E-state index in [9.17, 15) is 9.59 Å². The summed E-state index contributed by atoms with van der Waals surface area (Å²) in [6.45, 7) is 5.61. The number of carbonyl (C=O) groups excluding carboxylic acids is 1. The minimum Gasteiger partial charge on any atom is -0.481 e. The molecule has 23 heavy (non-hydrogen) atoms. The molecule has 1 aliphatic heterocycles. The lowest BCUT2D eigenvalue weighted by atomic mass is 9.81. The van der Waals surface area contributed by atoms with E-state index in [1.165, 1.54) is 5.56 Å². The van der Waals surface area contributed by atoms with E-state index in [0.717, 1.165) is 19.3 Å². The smallest absolute Gasteiger partial charge is 0.307 e. The molecule has 1 amide bonds. The first-order chi connectivity index (χ1) is 10.8. The molecule has 1 aromatic rings. The number of benzene rings is 1. The van der Waals surface area contributed by atoms with Gasteiger partial charge >= 0.3 is 5.97 Å². The summed E-state index contributed by atoms with van der Waals surface area (Å²) in [4.78, 5) is 25.7. The summed E-state index contributed by atoms with van der Waals surface area (Å²) >= 11 is 0. The molecule has 4 heteroatoms. The molecule has 1 saturated carbocycles. The summed E-state index contributed by atoms with van der Waals surface area (Å²) in [5, 5.41) is 9.14. The van der Waals surface area contributed by atoms with E-state index in [0.29, 0.717) is 19.5 Å². The lowest BCUT2D eigenvalue weighted by Gasteiger charge is -2.35. The first kappa shape index (κ1) is 16.0. The second-order valence-corrected chi connectivity index (χ2v) is 7.76. The van der Waals surface area contributed by atoms with E-state index < -0.39 is 5.97 Å². The Morgan fingerprint density at radius 2 is 1.83 bits per heavy atom. The molecular formula is C19H25NO3. The Hall–Kier alpha value is -1.84. The maximum atomic E-state index is 12.6. The van der Waals surface area contributed by atoms with Crippen LogP contribution in [0.2, 0.25) is 0 Å². The molecule has 0 aromatic heterocycles. The molecule has 2 aliphatic rings. The maximum absolute atomic E-state index is 12.6. The largest absolute Gasteiger partial charge is 0.481 e. The van der Waals surface area contributed by atoms with Crippen LogP contribution >= 0.6 is 0 Å². The van der Waals surface area contributed by atoms with Crippen molar-refractivity contribution >= 4 is 11.9 Å². The highest BCUT2D eigenvalue weighted by Gasteiger charge is 2.59. The van der Waals surface area contributed by atoms with Crippen LogP contribution in [-0.4, -0.2) is 35.0 Å². The predicted octanol–water partition coefficient (Wildman–Crippen LogP) is 3.07. The molecule has 1 spiro atoms.